The van der Waals surface area contributed by atoms with Gasteiger partial charge in [0.1, 0.15) is 22.6 Å². The minimum atomic E-state index is -1.13. The zero-order chi connectivity index (χ0) is 25.7. The summed E-state index contributed by atoms with van der Waals surface area (Å²) in [5.41, 5.74) is 2.32. The van der Waals surface area contributed by atoms with Gasteiger partial charge in [-0.1, -0.05) is 45.0 Å². The first-order valence-corrected chi connectivity index (χ1v) is 14.0. The number of aromatic nitrogens is 2. The van der Waals surface area contributed by atoms with E-state index >= 15 is 0 Å². The van der Waals surface area contributed by atoms with Crippen molar-refractivity contribution in [3.8, 4) is 0 Å². The molecule has 1 fully saturated rings. The number of fused-ring (bicyclic) bond motifs is 1. The van der Waals surface area contributed by atoms with Crippen LogP contribution in [-0.4, -0.2) is 81.6 Å². The number of nitrogens with one attached hydrogen (secondary N) is 1. The van der Waals surface area contributed by atoms with E-state index in [0.29, 0.717) is 6.54 Å². The highest BCUT2D eigenvalue weighted by Crippen LogP contribution is 2.24. The van der Waals surface area contributed by atoms with Crippen LogP contribution in [0.15, 0.2) is 53.4 Å². The third-order valence-electron chi connectivity index (χ3n) is 6.58. The van der Waals surface area contributed by atoms with Crippen LogP contribution in [0.5, 0.6) is 0 Å². The predicted molar refractivity (Wildman–Crippen MR) is 150 cm³/mol. The van der Waals surface area contributed by atoms with Crippen molar-refractivity contribution < 1.29 is 4.21 Å². The van der Waals surface area contributed by atoms with E-state index in [1.807, 2.05) is 24.3 Å². The first-order valence-electron chi connectivity index (χ1n) is 12.8. The minimum absolute atomic E-state index is 0.0953. The van der Waals surface area contributed by atoms with Crippen LogP contribution >= 0.6 is 0 Å². The monoisotopic (exact) mass is 508 g/mol. The molecule has 1 aliphatic heterocycles. The molecule has 2 aromatic carbocycles. The van der Waals surface area contributed by atoms with Crippen molar-refractivity contribution in [2.45, 2.75) is 44.0 Å². The lowest BCUT2D eigenvalue weighted by Crippen LogP contribution is -2.46. The first kappa shape index (κ1) is 26.7. The third kappa shape index (κ3) is 6.88. The molecule has 1 aromatic heterocycles. The molecule has 194 valence electrons. The molecule has 0 amide bonds. The molecule has 1 saturated heterocycles. The zero-order valence-corrected chi connectivity index (χ0v) is 23.1. The maximum Gasteiger partial charge on any atom is 0.145 e. The lowest BCUT2D eigenvalue weighted by atomic mass is 9.87. The summed E-state index contributed by atoms with van der Waals surface area (Å²) >= 11 is 0. The highest BCUT2D eigenvalue weighted by molar-refractivity contribution is 7.82. The average Bonchev–Trinajstić information content (AvgIpc) is 2.86. The number of anilines is 1. The number of hydrogen-bond acceptors (Lipinski definition) is 6. The highest BCUT2D eigenvalue weighted by Gasteiger charge is 2.24. The van der Waals surface area contributed by atoms with E-state index in [9.17, 15) is 4.21 Å². The van der Waals surface area contributed by atoms with Crippen LogP contribution < -0.4 is 5.32 Å². The van der Waals surface area contributed by atoms with Gasteiger partial charge in [0.05, 0.1) is 17.0 Å². The molecule has 0 bridgehead atoms. The molecule has 1 atom stereocenters. The maximum atomic E-state index is 13.2. The molecule has 0 spiro atoms. The standard InChI is InChI=1S/C28H40N6OS/c1-28(2,3)22-11-13-23(14-12-22)36(35)34-19-17-33(18-20-34)21-26-30-25-10-7-6-9-24(25)27(31-26)29-15-8-16-32(4)5/h6-7,9-14H,8,15-21H2,1-5H3,(H,29,30,31). The zero-order valence-electron chi connectivity index (χ0n) is 22.3. The maximum absolute atomic E-state index is 13.2. The molecule has 0 aliphatic carbocycles. The second-order valence-electron chi connectivity index (χ2n) is 10.8. The molecule has 4 rings (SSSR count). The summed E-state index contributed by atoms with van der Waals surface area (Å²) in [5, 5.41) is 4.59. The topological polar surface area (TPSA) is 64.6 Å². The molecular weight excluding hydrogens is 468 g/mol. The van der Waals surface area contributed by atoms with Crippen molar-refractivity contribution in [1.29, 1.82) is 0 Å². The highest BCUT2D eigenvalue weighted by atomic mass is 32.2. The van der Waals surface area contributed by atoms with Gasteiger partial charge < -0.3 is 10.2 Å². The fourth-order valence-corrected chi connectivity index (χ4v) is 5.57. The smallest absolute Gasteiger partial charge is 0.145 e. The van der Waals surface area contributed by atoms with Crippen LogP contribution in [0.25, 0.3) is 10.9 Å². The van der Waals surface area contributed by atoms with Crippen molar-refractivity contribution in [3.05, 3.63) is 59.9 Å². The molecule has 1 unspecified atom stereocenters. The van der Waals surface area contributed by atoms with E-state index < -0.39 is 11.0 Å². The van der Waals surface area contributed by atoms with Gasteiger partial charge in [-0.25, -0.2) is 18.5 Å². The van der Waals surface area contributed by atoms with Gasteiger partial charge in [-0.3, -0.25) is 4.90 Å². The second-order valence-corrected chi connectivity index (χ2v) is 12.3. The summed E-state index contributed by atoms with van der Waals surface area (Å²) in [4.78, 5) is 15.2. The Balaban J connectivity index is 1.37. The van der Waals surface area contributed by atoms with Crippen LogP contribution in [0.2, 0.25) is 0 Å². The Morgan fingerprint density at radius 3 is 2.33 bits per heavy atom. The van der Waals surface area contributed by atoms with E-state index in [0.717, 1.165) is 73.1 Å². The Morgan fingerprint density at radius 1 is 0.972 bits per heavy atom. The Kier molecular flexibility index (Phi) is 8.72. The number of para-hydroxylation sites is 1. The van der Waals surface area contributed by atoms with Gasteiger partial charge in [0.2, 0.25) is 0 Å². The average molecular weight is 509 g/mol. The van der Waals surface area contributed by atoms with Gasteiger partial charge in [0.25, 0.3) is 0 Å². The Hall–Kier alpha value is -2.39. The summed E-state index contributed by atoms with van der Waals surface area (Å²) in [6.45, 7) is 12.4. The van der Waals surface area contributed by atoms with E-state index in [2.05, 4.69) is 78.6 Å². The molecule has 1 N–H and O–H groups in total. The number of hydrogen-bond donors (Lipinski definition) is 1. The molecule has 36 heavy (non-hydrogen) atoms. The van der Waals surface area contributed by atoms with E-state index in [1.165, 1.54) is 5.56 Å². The number of rotatable bonds is 9. The van der Waals surface area contributed by atoms with Crippen LogP contribution in [0, 0.1) is 0 Å². The van der Waals surface area contributed by atoms with Gasteiger partial charge in [-0.2, -0.15) is 0 Å². The molecule has 8 heteroatoms. The van der Waals surface area contributed by atoms with Crippen LogP contribution in [0.1, 0.15) is 38.6 Å². The van der Waals surface area contributed by atoms with Crippen molar-refractivity contribution in [1.82, 2.24) is 24.1 Å². The number of nitrogens with zero attached hydrogens (tertiary/aromatic N) is 5. The molecule has 7 nitrogen and oxygen atoms in total. The van der Waals surface area contributed by atoms with Gasteiger partial charge in [-0.15, -0.1) is 0 Å². The van der Waals surface area contributed by atoms with Crippen molar-refractivity contribution in [2.24, 2.45) is 0 Å². The van der Waals surface area contributed by atoms with Crippen LogP contribution in [0.3, 0.4) is 0 Å². The summed E-state index contributed by atoms with van der Waals surface area (Å²) < 4.78 is 15.2. The second kappa shape index (κ2) is 11.8. The summed E-state index contributed by atoms with van der Waals surface area (Å²) in [6, 6.07) is 16.4. The van der Waals surface area contributed by atoms with Crippen LogP contribution in [-0.2, 0) is 22.9 Å². The third-order valence-corrected chi connectivity index (χ3v) is 8.09. The lowest BCUT2D eigenvalue weighted by Gasteiger charge is -2.33. The summed E-state index contributed by atoms with van der Waals surface area (Å²) in [7, 11) is 3.05. The van der Waals surface area contributed by atoms with Crippen LogP contribution in [0.4, 0.5) is 5.82 Å². The Labute approximate surface area is 218 Å². The molecule has 1 aliphatic rings. The fraction of sp³-hybridized carbons (Fsp3) is 0.500. The van der Waals surface area contributed by atoms with Crippen molar-refractivity contribution in [2.75, 3.05) is 58.7 Å². The summed E-state index contributed by atoms with van der Waals surface area (Å²) in [5.74, 6) is 1.74. The van der Waals surface area contributed by atoms with Crippen molar-refractivity contribution >= 4 is 27.7 Å². The fourth-order valence-electron chi connectivity index (χ4n) is 4.41. The number of benzene rings is 2. The quantitative estimate of drug-likeness (QED) is 0.439. The lowest BCUT2D eigenvalue weighted by molar-refractivity contribution is 0.182. The van der Waals surface area contributed by atoms with E-state index in [1.54, 1.807) is 0 Å². The largest absolute Gasteiger partial charge is 0.369 e. The molecule has 0 saturated carbocycles. The van der Waals surface area contributed by atoms with Gasteiger partial charge in [0, 0.05) is 38.1 Å². The van der Waals surface area contributed by atoms with E-state index in [-0.39, 0.29) is 5.41 Å². The van der Waals surface area contributed by atoms with Gasteiger partial charge in [0.15, 0.2) is 0 Å². The summed E-state index contributed by atoms with van der Waals surface area (Å²) in [6.07, 6.45) is 1.05. The van der Waals surface area contributed by atoms with Crippen molar-refractivity contribution in [3.63, 3.8) is 0 Å². The molecule has 0 radical (unpaired) electrons. The number of piperazine rings is 1. The predicted octanol–water partition coefficient (Wildman–Crippen LogP) is 4.13. The Bertz CT molecular complexity index is 1170. The van der Waals surface area contributed by atoms with Gasteiger partial charge >= 0.3 is 0 Å². The minimum Gasteiger partial charge on any atom is -0.369 e. The normalized spacial score (nSPS) is 16.5. The molecule has 3 aromatic rings. The SMILES string of the molecule is CN(C)CCCNc1nc(CN2CCN(S(=O)c3ccc(C(C)(C)C)cc3)CC2)nc2ccccc12. The molecular formula is C28H40N6OS. The van der Waals surface area contributed by atoms with E-state index in [4.69, 9.17) is 9.97 Å². The first-order chi connectivity index (χ1) is 17.2. The molecule has 2 heterocycles. The van der Waals surface area contributed by atoms with Gasteiger partial charge in [-0.05, 0) is 62.3 Å². The Morgan fingerprint density at radius 2 is 1.67 bits per heavy atom.